The van der Waals surface area contributed by atoms with Crippen LogP contribution in [0.4, 0.5) is 5.69 Å². The second-order valence-electron chi connectivity index (χ2n) is 3.74. The zero-order chi connectivity index (χ0) is 11.3. The fourth-order valence-corrected chi connectivity index (χ4v) is 1.57. The van der Waals surface area contributed by atoms with Crippen molar-refractivity contribution >= 4 is 17.3 Å². The zero-order valence-corrected chi connectivity index (χ0v) is 10.3. The summed E-state index contributed by atoms with van der Waals surface area (Å²) >= 11 is 6.04. The molecule has 0 spiro atoms. The third-order valence-corrected chi connectivity index (χ3v) is 2.83. The van der Waals surface area contributed by atoms with Crippen LogP contribution in [0.25, 0.3) is 0 Å². The molecule has 1 aromatic carbocycles. The third kappa shape index (κ3) is 3.73. The van der Waals surface area contributed by atoms with E-state index in [1.807, 2.05) is 25.1 Å². The van der Waals surface area contributed by atoms with E-state index >= 15 is 0 Å². The van der Waals surface area contributed by atoms with E-state index in [-0.39, 0.29) is 0 Å². The molecule has 0 saturated heterocycles. The van der Waals surface area contributed by atoms with Crippen LogP contribution in [0.2, 0.25) is 5.02 Å². The quantitative estimate of drug-likeness (QED) is 0.832. The van der Waals surface area contributed by atoms with Crippen molar-refractivity contribution in [2.75, 3.05) is 19.0 Å². The molecule has 3 heteroatoms. The highest BCUT2D eigenvalue weighted by atomic mass is 35.5. The predicted octanol–water partition coefficient (Wildman–Crippen LogP) is 3.49. The largest absolute Gasteiger partial charge is 0.385 e. The number of ether oxygens (including phenoxy) is 1. The number of halogens is 1. The number of anilines is 1. The van der Waals surface area contributed by atoms with Crippen molar-refractivity contribution in [1.82, 2.24) is 0 Å². The lowest BCUT2D eigenvalue weighted by atomic mass is 10.1. The average molecular weight is 228 g/mol. The smallest absolute Gasteiger partial charge is 0.0481 e. The van der Waals surface area contributed by atoms with Gasteiger partial charge in [0.25, 0.3) is 0 Å². The first-order valence-electron chi connectivity index (χ1n) is 5.15. The molecule has 0 saturated carbocycles. The number of hydrogen-bond donors (Lipinski definition) is 1. The molecule has 1 atom stereocenters. The Bertz CT molecular complexity index is 314. The summed E-state index contributed by atoms with van der Waals surface area (Å²) in [6, 6.07) is 6.30. The van der Waals surface area contributed by atoms with Gasteiger partial charge in [0.1, 0.15) is 0 Å². The Labute approximate surface area is 96.6 Å². The fourth-order valence-electron chi connectivity index (χ4n) is 1.40. The summed E-state index contributed by atoms with van der Waals surface area (Å²) in [6.45, 7) is 4.93. The highest BCUT2D eigenvalue weighted by Crippen LogP contribution is 2.23. The first-order chi connectivity index (χ1) is 7.15. The molecule has 1 unspecified atom stereocenters. The molecular formula is C12H18ClNO. The van der Waals surface area contributed by atoms with Crippen LogP contribution in [0.15, 0.2) is 18.2 Å². The minimum atomic E-state index is 0.391. The van der Waals surface area contributed by atoms with Crippen molar-refractivity contribution in [1.29, 1.82) is 0 Å². The minimum absolute atomic E-state index is 0.391. The zero-order valence-electron chi connectivity index (χ0n) is 9.51. The lowest BCUT2D eigenvalue weighted by Crippen LogP contribution is -2.17. The molecule has 0 fully saturated rings. The van der Waals surface area contributed by atoms with Gasteiger partial charge in [-0.05, 0) is 38.0 Å². The van der Waals surface area contributed by atoms with Crippen LogP contribution in [0.3, 0.4) is 0 Å². The SMILES string of the molecule is COCCC(C)Nc1cccc(Cl)c1C. The van der Waals surface area contributed by atoms with Gasteiger partial charge in [0, 0.05) is 30.5 Å². The molecule has 0 amide bonds. The highest BCUT2D eigenvalue weighted by molar-refractivity contribution is 6.31. The van der Waals surface area contributed by atoms with E-state index in [1.165, 1.54) is 0 Å². The minimum Gasteiger partial charge on any atom is -0.385 e. The summed E-state index contributed by atoms with van der Waals surface area (Å²) < 4.78 is 5.04. The van der Waals surface area contributed by atoms with Crippen molar-refractivity contribution in [3.05, 3.63) is 28.8 Å². The highest BCUT2D eigenvalue weighted by Gasteiger charge is 2.05. The summed E-state index contributed by atoms with van der Waals surface area (Å²) in [5.74, 6) is 0. The number of methoxy groups -OCH3 is 1. The number of hydrogen-bond acceptors (Lipinski definition) is 2. The summed E-state index contributed by atoms with van der Waals surface area (Å²) in [4.78, 5) is 0. The Morgan fingerprint density at radius 3 is 2.87 bits per heavy atom. The van der Waals surface area contributed by atoms with Crippen molar-refractivity contribution in [3.63, 3.8) is 0 Å². The van der Waals surface area contributed by atoms with E-state index in [9.17, 15) is 0 Å². The number of benzene rings is 1. The van der Waals surface area contributed by atoms with Gasteiger partial charge in [-0.1, -0.05) is 17.7 Å². The maximum Gasteiger partial charge on any atom is 0.0481 e. The maximum absolute atomic E-state index is 6.04. The van der Waals surface area contributed by atoms with Crippen LogP contribution in [-0.4, -0.2) is 19.8 Å². The van der Waals surface area contributed by atoms with E-state index < -0.39 is 0 Å². The first kappa shape index (κ1) is 12.3. The van der Waals surface area contributed by atoms with Crippen molar-refractivity contribution in [2.45, 2.75) is 26.3 Å². The van der Waals surface area contributed by atoms with Gasteiger partial charge in [0.15, 0.2) is 0 Å². The van der Waals surface area contributed by atoms with Crippen LogP contribution in [0.1, 0.15) is 18.9 Å². The molecule has 2 nitrogen and oxygen atoms in total. The Hall–Kier alpha value is -0.730. The summed E-state index contributed by atoms with van der Waals surface area (Å²) in [5, 5.41) is 4.23. The summed E-state index contributed by atoms with van der Waals surface area (Å²) in [7, 11) is 1.72. The van der Waals surface area contributed by atoms with Gasteiger partial charge in [-0.2, -0.15) is 0 Å². The van der Waals surface area contributed by atoms with Crippen molar-refractivity contribution in [2.24, 2.45) is 0 Å². The molecule has 1 aromatic rings. The van der Waals surface area contributed by atoms with Gasteiger partial charge >= 0.3 is 0 Å². The van der Waals surface area contributed by atoms with Crippen LogP contribution >= 0.6 is 11.6 Å². The number of rotatable bonds is 5. The molecule has 0 aliphatic heterocycles. The lowest BCUT2D eigenvalue weighted by Gasteiger charge is -2.17. The molecule has 0 aliphatic carbocycles. The summed E-state index contributed by atoms with van der Waals surface area (Å²) in [6.07, 6.45) is 0.989. The fraction of sp³-hybridized carbons (Fsp3) is 0.500. The van der Waals surface area contributed by atoms with Gasteiger partial charge < -0.3 is 10.1 Å². The molecule has 1 rings (SSSR count). The van der Waals surface area contributed by atoms with Gasteiger partial charge in [0.2, 0.25) is 0 Å². The Morgan fingerprint density at radius 1 is 1.47 bits per heavy atom. The number of nitrogens with one attached hydrogen (secondary N) is 1. The average Bonchev–Trinajstić information content (AvgIpc) is 2.22. The van der Waals surface area contributed by atoms with E-state index in [1.54, 1.807) is 7.11 Å². The normalized spacial score (nSPS) is 12.5. The molecule has 1 N–H and O–H groups in total. The standard InChI is InChI=1S/C12H18ClNO/c1-9(7-8-15-3)14-12-6-4-5-11(13)10(12)2/h4-6,9,14H,7-8H2,1-3H3. The Balaban J connectivity index is 2.60. The van der Waals surface area contributed by atoms with Gasteiger partial charge in [-0.3, -0.25) is 0 Å². The lowest BCUT2D eigenvalue weighted by molar-refractivity contribution is 0.191. The van der Waals surface area contributed by atoms with Crippen molar-refractivity contribution < 1.29 is 4.74 Å². The predicted molar refractivity (Wildman–Crippen MR) is 65.8 cm³/mol. The van der Waals surface area contributed by atoms with E-state index in [0.717, 1.165) is 29.3 Å². The van der Waals surface area contributed by atoms with Crippen LogP contribution in [0.5, 0.6) is 0 Å². The molecule has 0 heterocycles. The molecule has 0 bridgehead atoms. The molecule has 15 heavy (non-hydrogen) atoms. The van der Waals surface area contributed by atoms with Crippen molar-refractivity contribution in [3.8, 4) is 0 Å². The first-order valence-corrected chi connectivity index (χ1v) is 5.53. The van der Waals surface area contributed by atoms with Gasteiger partial charge in [-0.15, -0.1) is 0 Å². The van der Waals surface area contributed by atoms with Gasteiger partial charge in [-0.25, -0.2) is 0 Å². The molecule has 84 valence electrons. The maximum atomic E-state index is 6.04. The molecule has 0 aliphatic rings. The topological polar surface area (TPSA) is 21.3 Å². The van der Waals surface area contributed by atoms with Crippen LogP contribution in [-0.2, 0) is 4.74 Å². The Morgan fingerprint density at radius 2 is 2.20 bits per heavy atom. The second-order valence-corrected chi connectivity index (χ2v) is 4.15. The van der Waals surface area contributed by atoms with Crippen LogP contribution in [0, 0.1) is 6.92 Å². The van der Waals surface area contributed by atoms with E-state index in [0.29, 0.717) is 6.04 Å². The van der Waals surface area contributed by atoms with Gasteiger partial charge in [0.05, 0.1) is 0 Å². The molecular weight excluding hydrogens is 210 g/mol. The second kappa shape index (κ2) is 5.99. The van der Waals surface area contributed by atoms with Crippen LogP contribution < -0.4 is 5.32 Å². The Kier molecular flexibility index (Phi) is 4.92. The molecule has 0 radical (unpaired) electrons. The monoisotopic (exact) mass is 227 g/mol. The van der Waals surface area contributed by atoms with E-state index in [2.05, 4.69) is 12.2 Å². The van der Waals surface area contributed by atoms with E-state index in [4.69, 9.17) is 16.3 Å². The third-order valence-electron chi connectivity index (χ3n) is 2.42. The summed E-state index contributed by atoms with van der Waals surface area (Å²) in [5.41, 5.74) is 2.20. The molecule has 0 aromatic heterocycles.